The zero-order chi connectivity index (χ0) is 13.1. The van der Waals surface area contributed by atoms with Crippen LogP contribution in [0.15, 0.2) is 18.2 Å². The lowest BCUT2D eigenvalue weighted by molar-refractivity contribution is -0.384. The van der Waals surface area contributed by atoms with Crippen LogP contribution in [-0.4, -0.2) is 30.0 Å². The summed E-state index contributed by atoms with van der Waals surface area (Å²) >= 11 is 5.87. The number of carbonyl (C=O) groups excluding carboxylic acids is 1. The summed E-state index contributed by atoms with van der Waals surface area (Å²) in [7, 11) is 0. The Labute approximate surface area is 108 Å². The number of nitro groups is 1. The van der Waals surface area contributed by atoms with E-state index >= 15 is 0 Å². The van der Waals surface area contributed by atoms with Gasteiger partial charge in [-0.3, -0.25) is 14.9 Å². The van der Waals surface area contributed by atoms with Crippen LogP contribution in [0.3, 0.4) is 0 Å². The lowest BCUT2D eigenvalue weighted by Gasteiger charge is -2.11. The first-order valence-corrected chi connectivity index (χ1v) is 5.91. The molecule has 1 aromatic carbocycles. The Morgan fingerprint density at radius 2 is 2.33 bits per heavy atom. The van der Waals surface area contributed by atoms with Crippen LogP contribution in [0.2, 0.25) is 5.02 Å². The molecule has 0 aromatic heterocycles. The highest BCUT2D eigenvalue weighted by molar-refractivity contribution is 6.34. The van der Waals surface area contributed by atoms with E-state index in [1.807, 2.05) is 0 Å². The zero-order valence-corrected chi connectivity index (χ0v) is 10.2. The average molecular weight is 270 g/mol. The van der Waals surface area contributed by atoms with Crippen molar-refractivity contribution in [2.24, 2.45) is 0 Å². The molecule has 0 aliphatic carbocycles. The molecule has 18 heavy (non-hydrogen) atoms. The van der Waals surface area contributed by atoms with Crippen molar-refractivity contribution in [3.8, 4) is 0 Å². The van der Waals surface area contributed by atoms with Crippen LogP contribution in [0, 0.1) is 10.1 Å². The highest BCUT2D eigenvalue weighted by Crippen LogP contribution is 2.22. The van der Waals surface area contributed by atoms with Crippen LogP contribution in [0.5, 0.6) is 0 Å². The second kappa shape index (κ2) is 5.32. The number of nitro benzene ring substituents is 1. The van der Waals surface area contributed by atoms with E-state index in [1.165, 1.54) is 18.2 Å². The van der Waals surface area contributed by atoms with Crippen LogP contribution in [0.4, 0.5) is 5.69 Å². The first kappa shape index (κ1) is 12.8. The van der Waals surface area contributed by atoms with E-state index in [4.69, 9.17) is 11.6 Å². The van der Waals surface area contributed by atoms with Gasteiger partial charge in [-0.05, 0) is 19.0 Å². The molecule has 0 radical (unpaired) electrons. The van der Waals surface area contributed by atoms with Gasteiger partial charge in [-0.1, -0.05) is 11.6 Å². The number of nitrogens with zero attached hydrogens (tertiary/aromatic N) is 1. The zero-order valence-electron chi connectivity index (χ0n) is 9.48. The lowest BCUT2D eigenvalue weighted by Crippen LogP contribution is -2.36. The molecule has 0 saturated carbocycles. The summed E-state index contributed by atoms with van der Waals surface area (Å²) in [4.78, 5) is 21.9. The summed E-state index contributed by atoms with van der Waals surface area (Å²) in [5.41, 5.74) is 0.133. The molecule has 1 atom stereocenters. The van der Waals surface area contributed by atoms with Crippen molar-refractivity contribution in [2.45, 2.75) is 12.5 Å². The van der Waals surface area contributed by atoms with Gasteiger partial charge in [0.2, 0.25) is 0 Å². The highest BCUT2D eigenvalue weighted by atomic mass is 35.5. The van der Waals surface area contributed by atoms with E-state index < -0.39 is 4.92 Å². The molecule has 1 amide bonds. The van der Waals surface area contributed by atoms with E-state index in [1.54, 1.807) is 0 Å². The normalized spacial score (nSPS) is 18.6. The summed E-state index contributed by atoms with van der Waals surface area (Å²) in [6, 6.07) is 3.92. The summed E-state index contributed by atoms with van der Waals surface area (Å²) in [5.74, 6) is -0.302. The molecule has 1 fully saturated rings. The van der Waals surface area contributed by atoms with Crippen molar-refractivity contribution in [1.82, 2.24) is 10.6 Å². The van der Waals surface area contributed by atoms with E-state index in [0.717, 1.165) is 19.5 Å². The fourth-order valence-corrected chi connectivity index (χ4v) is 2.10. The quantitative estimate of drug-likeness (QED) is 0.641. The van der Waals surface area contributed by atoms with Gasteiger partial charge in [-0.2, -0.15) is 0 Å². The van der Waals surface area contributed by atoms with E-state index in [9.17, 15) is 14.9 Å². The van der Waals surface area contributed by atoms with Gasteiger partial charge in [-0.25, -0.2) is 0 Å². The van der Waals surface area contributed by atoms with Gasteiger partial charge in [0.15, 0.2) is 0 Å². The molecular weight excluding hydrogens is 258 g/mol. The predicted octanol–water partition coefficient (Wildman–Crippen LogP) is 1.34. The van der Waals surface area contributed by atoms with Crippen molar-refractivity contribution < 1.29 is 9.72 Å². The molecule has 0 spiro atoms. The highest BCUT2D eigenvalue weighted by Gasteiger charge is 2.20. The van der Waals surface area contributed by atoms with Gasteiger partial charge in [0, 0.05) is 24.7 Å². The van der Waals surface area contributed by atoms with Crippen molar-refractivity contribution in [2.75, 3.05) is 13.1 Å². The molecule has 96 valence electrons. The molecule has 2 N–H and O–H groups in total. The molecule has 1 unspecified atom stereocenters. The van der Waals surface area contributed by atoms with E-state index in [2.05, 4.69) is 10.6 Å². The second-order valence-corrected chi connectivity index (χ2v) is 4.49. The Kier molecular flexibility index (Phi) is 3.78. The first-order chi connectivity index (χ1) is 8.58. The Morgan fingerprint density at radius 1 is 1.56 bits per heavy atom. The van der Waals surface area contributed by atoms with Crippen LogP contribution in [0.25, 0.3) is 0 Å². The van der Waals surface area contributed by atoms with E-state index in [0.29, 0.717) is 0 Å². The minimum atomic E-state index is -0.547. The number of halogens is 1. The molecular formula is C11H12ClN3O3. The van der Waals surface area contributed by atoms with Crippen molar-refractivity contribution in [1.29, 1.82) is 0 Å². The maximum atomic E-state index is 11.9. The number of hydrogen-bond acceptors (Lipinski definition) is 4. The Balaban J connectivity index is 2.12. The number of amides is 1. The Bertz CT molecular complexity index is 486. The number of rotatable bonds is 3. The lowest BCUT2D eigenvalue weighted by atomic mass is 10.1. The number of carbonyl (C=O) groups is 1. The van der Waals surface area contributed by atoms with Crippen molar-refractivity contribution in [3.05, 3.63) is 38.9 Å². The first-order valence-electron chi connectivity index (χ1n) is 5.53. The van der Waals surface area contributed by atoms with Crippen LogP contribution in [-0.2, 0) is 0 Å². The van der Waals surface area contributed by atoms with Gasteiger partial charge in [-0.15, -0.1) is 0 Å². The van der Waals surface area contributed by atoms with Gasteiger partial charge < -0.3 is 10.6 Å². The maximum absolute atomic E-state index is 11.9. The number of benzene rings is 1. The topological polar surface area (TPSA) is 84.3 Å². The molecule has 1 saturated heterocycles. The SMILES string of the molecule is O=C(NC1CCNC1)c1ccc([N+](=O)[O-])cc1Cl. The third-order valence-electron chi connectivity index (χ3n) is 2.80. The third kappa shape index (κ3) is 2.77. The molecule has 1 aliphatic rings. The largest absolute Gasteiger partial charge is 0.348 e. The summed E-state index contributed by atoms with van der Waals surface area (Å²) in [6.07, 6.45) is 0.871. The molecule has 6 nitrogen and oxygen atoms in total. The van der Waals surface area contributed by atoms with Crippen LogP contribution in [0.1, 0.15) is 16.8 Å². The number of nitrogens with one attached hydrogen (secondary N) is 2. The van der Waals surface area contributed by atoms with E-state index in [-0.39, 0.29) is 28.2 Å². The summed E-state index contributed by atoms with van der Waals surface area (Å²) < 4.78 is 0. The van der Waals surface area contributed by atoms with Gasteiger partial charge in [0.05, 0.1) is 15.5 Å². The second-order valence-electron chi connectivity index (χ2n) is 4.08. The number of non-ortho nitro benzene ring substituents is 1. The van der Waals surface area contributed by atoms with Gasteiger partial charge >= 0.3 is 0 Å². The standard InChI is InChI=1S/C11H12ClN3O3/c12-10-5-8(15(17)18)1-2-9(10)11(16)14-7-3-4-13-6-7/h1-2,5,7,13H,3-4,6H2,(H,14,16). The fourth-order valence-electron chi connectivity index (χ4n) is 1.84. The molecule has 1 heterocycles. The minimum Gasteiger partial charge on any atom is -0.348 e. The Hall–Kier alpha value is -1.66. The monoisotopic (exact) mass is 269 g/mol. The molecule has 7 heteroatoms. The maximum Gasteiger partial charge on any atom is 0.270 e. The Morgan fingerprint density at radius 3 is 2.89 bits per heavy atom. The van der Waals surface area contributed by atoms with Crippen LogP contribution >= 0.6 is 11.6 Å². The predicted molar refractivity (Wildman–Crippen MR) is 66.8 cm³/mol. The minimum absolute atomic E-state index is 0.0868. The molecule has 1 aliphatic heterocycles. The van der Waals surface area contributed by atoms with Gasteiger partial charge in [0.1, 0.15) is 0 Å². The summed E-state index contributed by atoms with van der Waals surface area (Å²) in [6.45, 7) is 1.61. The summed E-state index contributed by atoms with van der Waals surface area (Å²) in [5, 5.41) is 16.6. The van der Waals surface area contributed by atoms with Crippen molar-refractivity contribution in [3.63, 3.8) is 0 Å². The molecule has 1 aromatic rings. The van der Waals surface area contributed by atoms with Crippen LogP contribution < -0.4 is 10.6 Å². The fraction of sp³-hybridized carbons (Fsp3) is 0.364. The third-order valence-corrected chi connectivity index (χ3v) is 3.12. The van der Waals surface area contributed by atoms with Gasteiger partial charge in [0.25, 0.3) is 11.6 Å². The van der Waals surface area contributed by atoms with Crippen molar-refractivity contribution >= 4 is 23.2 Å². The average Bonchev–Trinajstić information content (AvgIpc) is 2.81. The number of hydrogen-bond donors (Lipinski definition) is 2. The molecule has 0 bridgehead atoms. The molecule has 2 rings (SSSR count). The smallest absolute Gasteiger partial charge is 0.270 e.